The average molecular weight is 329 g/mol. The Hall–Kier alpha value is -2.41. The lowest BCUT2D eigenvalue weighted by Crippen LogP contribution is -2.14. The van der Waals surface area contributed by atoms with E-state index >= 15 is 0 Å². The molecule has 6 nitrogen and oxygen atoms in total. The Morgan fingerprint density at radius 1 is 1.30 bits per heavy atom. The van der Waals surface area contributed by atoms with Gasteiger partial charge < -0.3 is 5.32 Å². The van der Waals surface area contributed by atoms with Crippen molar-refractivity contribution in [3.05, 3.63) is 61.5 Å². The molecular weight excluding hydrogens is 310 g/mol. The zero-order valence-corrected chi connectivity index (χ0v) is 14.0. The van der Waals surface area contributed by atoms with E-state index in [2.05, 4.69) is 25.5 Å². The van der Waals surface area contributed by atoms with Gasteiger partial charge in [0.1, 0.15) is 0 Å². The number of H-pyrrole nitrogens is 2. The third-order valence-electron chi connectivity index (χ3n) is 3.72. The minimum absolute atomic E-state index is 0.135. The van der Waals surface area contributed by atoms with Crippen LogP contribution in [-0.4, -0.2) is 20.2 Å². The van der Waals surface area contributed by atoms with Crippen molar-refractivity contribution in [1.29, 1.82) is 0 Å². The van der Waals surface area contributed by atoms with Gasteiger partial charge in [0.25, 0.3) is 5.56 Å². The lowest BCUT2D eigenvalue weighted by Gasteiger charge is -2.06. The fourth-order valence-electron chi connectivity index (χ4n) is 2.50. The van der Waals surface area contributed by atoms with Gasteiger partial charge in [0, 0.05) is 16.6 Å². The fourth-order valence-corrected chi connectivity index (χ4v) is 3.14. The highest BCUT2D eigenvalue weighted by atomic mass is 32.1. The van der Waals surface area contributed by atoms with E-state index in [9.17, 15) is 4.79 Å². The van der Waals surface area contributed by atoms with Crippen LogP contribution in [0.5, 0.6) is 0 Å². The Morgan fingerprint density at radius 2 is 2.17 bits per heavy atom. The lowest BCUT2D eigenvalue weighted by atomic mass is 10.1. The second kappa shape index (κ2) is 6.78. The predicted octanol–water partition coefficient (Wildman–Crippen LogP) is 2.57. The van der Waals surface area contributed by atoms with E-state index in [4.69, 9.17) is 0 Å². The Morgan fingerprint density at radius 3 is 2.87 bits per heavy atom. The molecule has 0 aromatic carbocycles. The van der Waals surface area contributed by atoms with E-state index in [0.717, 1.165) is 23.5 Å². The zero-order valence-electron chi connectivity index (χ0n) is 13.1. The van der Waals surface area contributed by atoms with Crippen molar-refractivity contribution < 1.29 is 0 Å². The summed E-state index contributed by atoms with van der Waals surface area (Å²) in [6.07, 6.45) is 1.52. The molecule has 0 amide bonds. The van der Waals surface area contributed by atoms with Crippen LogP contribution >= 0.6 is 11.3 Å². The van der Waals surface area contributed by atoms with E-state index in [-0.39, 0.29) is 5.56 Å². The molecule has 3 rings (SSSR count). The number of nitrogens with zero attached hydrogens (tertiary/aromatic N) is 2. The smallest absolute Gasteiger partial charge is 0.252 e. The van der Waals surface area contributed by atoms with Crippen molar-refractivity contribution in [3.8, 4) is 0 Å². The van der Waals surface area contributed by atoms with Crippen LogP contribution in [0.15, 0.2) is 28.4 Å². The highest BCUT2D eigenvalue weighted by Crippen LogP contribution is 2.13. The van der Waals surface area contributed by atoms with Gasteiger partial charge in [-0.1, -0.05) is 6.07 Å². The number of anilines is 1. The Kier molecular flexibility index (Phi) is 4.57. The van der Waals surface area contributed by atoms with Gasteiger partial charge in [-0.2, -0.15) is 5.10 Å². The third kappa shape index (κ3) is 3.87. The van der Waals surface area contributed by atoms with Gasteiger partial charge in [-0.05, 0) is 43.7 Å². The van der Waals surface area contributed by atoms with Gasteiger partial charge in [0.2, 0.25) is 5.95 Å². The Balaban J connectivity index is 1.69. The molecule has 0 aliphatic heterocycles. The molecule has 3 aromatic rings. The Bertz CT molecular complexity index is 815. The molecule has 3 aromatic heterocycles. The van der Waals surface area contributed by atoms with E-state index in [1.807, 2.05) is 31.4 Å². The highest BCUT2D eigenvalue weighted by Gasteiger charge is 2.08. The summed E-state index contributed by atoms with van der Waals surface area (Å²) in [6.45, 7) is 4.65. The standard InChI is InChI=1S/C16H19N5OS/c1-10-14(11(2)21-20-10)6-5-12-8-15(22)19-16(18-12)17-9-13-4-3-7-23-13/h3-4,7-8H,5-6,9H2,1-2H3,(H,20,21)(H2,17,18,19,22). The van der Waals surface area contributed by atoms with Crippen molar-refractivity contribution in [2.75, 3.05) is 5.32 Å². The third-order valence-corrected chi connectivity index (χ3v) is 4.59. The second-order valence-electron chi connectivity index (χ2n) is 5.43. The fraction of sp³-hybridized carbons (Fsp3) is 0.312. The van der Waals surface area contributed by atoms with E-state index < -0.39 is 0 Å². The van der Waals surface area contributed by atoms with Crippen LogP contribution in [0.3, 0.4) is 0 Å². The number of aromatic amines is 2. The topological polar surface area (TPSA) is 86.5 Å². The van der Waals surface area contributed by atoms with Crippen molar-refractivity contribution >= 4 is 17.3 Å². The highest BCUT2D eigenvalue weighted by molar-refractivity contribution is 7.09. The maximum atomic E-state index is 11.8. The first-order valence-corrected chi connectivity index (χ1v) is 8.36. The number of hydrogen-bond donors (Lipinski definition) is 3. The Labute approximate surface area is 138 Å². The van der Waals surface area contributed by atoms with Gasteiger partial charge in [-0.3, -0.25) is 14.9 Å². The molecule has 7 heteroatoms. The summed E-state index contributed by atoms with van der Waals surface area (Å²) in [5.41, 5.74) is 3.92. The normalized spacial score (nSPS) is 10.9. The summed E-state index contributed by atoms with van der Waals surface area (Å²) >= 11 is 1.67. The molecule has 0 aliphatic rings. The first-order chi connectivity index (χ1) is 11.1. The van der Waals surface area contributed by atoms with Crippen molar-refractivity contribution in [2.24, 2.45) is 0 Å². The number of rotatable bonds is 6. The molecule has 0 saturated carbocycles. The minimum atomic E-state index is -0.135. The summed E-state index contributed by atoms with van der Waals surface area (Å²) in [4.78, 5) is 20.2. The molecule has 23 heavy (non-hydrogen) atoms. The molecule has 0 fully saturated rings. The lowest BCUT2D eigenvalue weighted by molar-refractivity contribution is 0.879. The van der Waals surface area contributed by atoms with Gasteiger partial charge >= 0.3 is 0 Å². The number of nitrogens with one attached hydrogen (secondary N) is 3. The van der Waals surface area contributed by atoms with Crippen molar-refractivity contribution in [1.82, 2.24) is 20.2 Å². The molecule has 0 radical (unpaired) electrons. The monoisotopic (exact) mass is 329 g/mol. The van der Waals surface area contributed by atoms with Gasteiger partial charge in [0.05, 0.1) is 17.9 Å². The molecule has 120 valence electrons. The molecule has 0 atom stereocenters. The van der Waals surface area contributed by atoms with Gasteiger partial charge in [-0.15, -0.1) is 11.3 Å². The van der Waals surface area contributed by atoms with Crippen LogP contribution in [-0.2, 0) is 19.4 Å². The minimum Gasteiger partial charge on any atom is -0.351 e. The summed E-state index contributed by atoms with van der Waals surface area (Å²) in [5.74, 6) is 0.515. The largest absolute Gasteiger partial charge is 0.351 e. The SMILES string of the molecule is Cc1n[nH]c(C)c1CCc1cc(=O)[nH]c(NCc2cccs2)n1. The van der Waals surface area contributed by atoms with Crippen LogP contribution in [0.4, 0.5) is 5.95 Å². The number of aryl methyl sites for hydroxylation is 3. The molecule has 0 spiro atoms. The molecule has 0 saturated heterocycles. The maximum absolute atomic E-state index is 11.8. The zero-order chi connectivity index (χ0) is 16.2. The summed E-state index contributed by atoms with van der Waals surface area (Å²) in [7, 11) is 0. The number of aromatic nitrogens is 4. The second-order valence-corrected chi connectivity index (χ2v) is 6.46. The van der Waals surface area contributed by atoms with Crippen LogP contribution in [0.2, 0.25) is 0 Å². The van der Waals surface area contributed by atoms with Crippen molar-refractivity contribution in [3.63, 3.8) is 0 Å². The molecular formula is C16H19N5OS. The van der Waals surface area contributed by atoms with Crippen LogP contribution in [0.1, 0.15) is 27.5 Å². The average Bonchev–Trinajstić information content (AvgIpc) is 3.14. The first-order valence-electron chi connectivity index (χ1n) is 7.49. The molecule has 3 heterocycles. The molecule has 0 bridgehead atoms. The van der Waals surface area contributed by atoms with Gasteiger partial charge in [0.15, 0.2) is 0 Å². The maximum Gasteiger partial charge on any atom is 0.252 e. The molecule has 0 aliphatic carbocycles. The van der Waals surface area contributed by atoms with E-state index in [1.54, 1.807) is 17.4 Å². The van der Waals surface area contributed by atoms with Gasteiger partial charge in [-0.25, -0.2) is 4.98 Å². The van der Waals surface area contributed by atoms with Crippen LogP contribution in [0, 0.1) is 13.8 Å². The molecule has 3 N–H and O–H groups in total. The van der Waals surface area contributed by atoms with Crippen LogP contribution in [0.25, 0.3) is 0 Å². The number of hydrogen-bond acceptors (Lipinski definition) is 5. The summed E-state index contributed by atoms with van der Waals surface area (Å²) in [6, 6.07) is 5.61. The number of thiophene rings is 1. The van der Waals surface area contributed by atoms with E-state index in [1.165, 1.54) is 10.4 Å². The predicted molar refractivity (Wildman–Crippen MR) is 92.0 cm³/mol. The van der Waals surface area contributed by atoms with E-state index in [0.29, 0.717) is 18.9 Å². The van der Waals surface area contributed by atoms with Crippen molar-refractivity contribution in [2.45, 2.75) is 33.2 Å². The quantitative estimate of drug-likeness (QED) is 0.649. The summed E-state index contributed by atoms with van der Waals surface area (Å²) in [5, 5.41) is 12.4. The van der Waals surface area contributed by atoms with Crippen LogP contribution < -0.4 is 10.9 Å². The summed E-state index contributed by atoms with van der Waals surface area (Å²) < 4.78 is 0. The first kappa shape index (κ1) is 15.5. The molecule has 0 unspecified atom stereocenters.